The largest absolute Gasteiger partial charge is 0.322 e. The van der Waals surface area contributed by atoms with Crippen molar-refractivity contribution in [2.45, 2.75) is 13.0 Å². The van der Waals surface area contributed by atoms with Gasteiger partial charge in [-0.1, -0.05) is 0 Å². The van der Waals surface area contributed by atoms with Gasteiger partial charge in [-0.25, -0.2) is 18.7 Å². The zero-order valence-electron chi connectivity index (χ0n) is 9.19. The summed E-state index contributed by atoms with van der Waals surface area (Å²) in [7, 11) is 0. The summed E-state index contributed by atoms with van der Waals surface area (Å²) < 4.78 is 26.3. The second-order valence-corrected chi connectivity index (χ2v) is 3.71. The Balaban J connectivity index is 2.49. The third-order valence-corrected chi connectivity index (χ3v) is 2.29. The van der Waals surface area contributed by atoms with Crippen molar-refractivity contribution in [3.63, 3.8) is 0 Å². The smallest absolute Gasteiger partial charge is 0.145 e. The van der Waals surface area contributed by atoms with E-state index < -0.39 is 11.6 Å². The molecule has 0 aliphatic heterocycles. The van der Waals surface area contributed by atoms with Crippen LogP contribution in [0.1, 0.15) is 18.8 Å². The molecule has 0 radical (unpaired) electrons. The molecule has 1 aromatic carbocycles. The second-order valence-electron chi connectivity index (χ2n) is 3.71. The molecule has 1 aromatic heterocycles. The first-order valence-corrected chi connectivity index (χ1v) is 5.12. The summed E-state index contributed by atoms with van der Waals surface area (Å²) in [6.45, 7) is 1.74. The maximum absolute atomic E-state index is 13.5. The highest BCUT2D eigenvalue weighted by atomic mass is 19.1. The summed E-state index contributed by atoms with van der Waals surface area (Å²) in [6.07, 6.45) is 1.50. The van der Waals surface area contributed by atoms with Crippen LogP contribution in [-0.2, 0) is 0 Å². The summed E-state index contributed by atoms with van der Waals surface area (Å²) in [4.78, 5) is 8.11. The fourth-order valence-electron chi connectivity index (χ4n) is 1.44. The van der Waals surface area contributed by atoms with Crippen LogP contribution < -0.4 is 5.73 Å². The lowest BCUT2D eigenvalue weighted by Gasteiger charge is -2.07. The molecule has 5 heteroatoms. The number of aromatic nitrogens is 2. The lowest BCUT2D eigenvalue weighted by atomic mass is 10.1. The number of hydrogen-bond donors (Lipinski definition) is 1. The number of benzene rings is 1. The van der Waals surface area contributed by atoms with Crippen LogP contribution in [-0.4, -0.2) is 9.97 Å². The van der Waals surface area contributed by atoms with Crippen LogP contribution in [0.4, 0.5) is 8.78 Å². The molecule has 88 valence electrons. The fourth-order valence-corrected chi connectivity index (χ4v) is 1.44. The molecule has 1 atom stereocenters. The van der Waals surface area contributed by atoms with Crippen molar-refractivity contribution in [1.82, 2.24) is 9.97 Å². The van der Waals surface area contributed by atoms with Crippen LogP contribution in [0.2, 0.25) is 0 Å². The van der Waals surface area contributed by atoms with E-state index >= 15 is 0 Å². The molecule has 0 bridgehead atoms. The van der Waals surface area contributed by atoms with Gasteiger partial charge in [0.25, 0.3) is 0 Å². The summed E-state index contributed by atoms with van der Waals surface area (Å²) in [5.74, 6) is -0.849. The molecule has 0 saturated heterocycles. The standard InChI is InChI=1S/C12H11F2N3/c1-7(15)12-16-5-4-11(17-12)9-3-2-8(13)6-10(9)14/h2-7H,15H2,1H3. The molecule has 0 aliphatic carbocycles. The van der Waals surface area contributed by atoms with Crippen molar-refractivity contribution < 1.29 is 8.78 Å². The number of nitrogens with zero attached hydrogens (tertiary/aromatic N) is 2. The van der Waals surface area contributed by atoms with Crippen molar-refractivity contribution in [3.05, 3.63) is 47.9 Å². The average molecular weight is 235 g/mol. The molecule has 0 amide bonds. The summed E-state index contributed by atoms with van der Waals surface area (Å²) in [5, 5.41) is 0. The van der Waals surface area contributed by atoms with E-state index in [0.717, 1.165) is 6.07 Å². The summed E-state index contributed by atoms with van der Waals surface area (Å²) in [6, 6.07) is 4.58. The van der Waals surface area contributed by atoms with E-state index in [1.54, 1.807) is 13.0 Å². The molecule has 1 heterocycles. The molecule has 1 unspecified atom stereocenters. The molecule has 0 spiro atoms. The van der Waals surface area contributed by atoms with Crippen molar-refractivity contribution in [2.75, 3.05) is 0 Å². The SMILES string of the molecule is CC(N)c1nccc(-c2ccc(F)cc2F)n1. The maximum atomic E-state index is 13.5. The third kappa shape index (κ3) is 2.45. The van der Waals surface area contributed by atoms with Crippen molar-refractivity contribution >= 4 is 0 Å². The Morgan fingerprint density at radius 2 is 2.00 bits per heavy atom. The van der Waals surface area contributed by atoms with Gasteiger partial charge >= 0.3 is 0 Å². The first-order valence-electron chi connectivity index (χ1n) is 5.12. The van der Waals surface area contributed by atoms with Crippen molar-refractivity contribution in [3.8, 4) is 11.3 Å². The van der Waals surface area contributed by atoms with Gasteiger partial charge in [0.2, 0.25) is 0 Å². The highest BCUT2D eigenvalue weighted by molar-refractivity contribution is 5.59. The van der Waals surface area contributed by atoms with E-state index in [4.69, 9.17) is 5.73 Å². The third-order valence-electron chi connectivity index (χ3n) is 2.29. The highest BCUT2D eigenvalue weighted by Crippen LogP contribution is 2.21. The molecule has 0 saturated carbocycles. The van der Waals surface area contributed by atoms with Gasteiger partial charge in [-0.15, -0.1) is 0 Å². The Morgan fingerprint density at radius 1 is 1.24 bits per heavy atom. The first-order chi connectivity index (χ1) is 8.08. The summed E-state index contributed by atoms with van der Waals surface area (Å²) in [5.41, 5.74) is 6.27. The molecule has 3 nitrogen and oxygen atoms in total. The van der Waals surface area contributed by atoms with Crippen LogP contribution in [0.3, 0.4) is 0 Å². The van der Waals surface area contributed by atoms with Gasteiger partial charge in [0, 0.05) is 17.8 Å². The Bertz CT molecular complexity index is 541. The quantitative estimate of drug-likeness (QED) is 0.869. The van der Waals surface area contributed by atoms with E-state index in [1.165, 1.54) is 18.3 Å². The number of nitrogens with two attached hydrogens (primary N) is 1. The Morgan fingerprint density at radius 3 is 2.65 bits per heavy atom. The van der Waals surface area contributed by atoms with Crippen molar-refractivity contribution in [2.24, 2.45) is 5.73 Å². The van der Waals surface area contributed by atoms with Crippen molar-refractivity contribution in [1.29, 1.82) is 0 Å². The Hall–Kier alpha value is -1.88. The minimum Gasteiger partial charge on any atom is -0.322 e. The Kier molecular flexibility index (Phi) is 3.10. The highest BCUT2D eigenvalue weighted by Gasteiger charge is 2.10. The molecule has 2 rings (SSSR count). The van der Waals surface area contributed by atoms with E-state index in [0.29, 0.717) is 11.5 Å². The molecule has 2 N–H and O–H groups in total. The maximum Gasteiger partial charge on any atom is 0.145 e. The van der Waals surface area contributed by atoms with E-state index in [-0.39, 0.29) is 11.6 Å². The predicted molar refractivity (Wildman–Crippen MR) is 60.0 cm³/mol. The van der Waals surface area contributed by atoms with E-state index in [1.807, 2.05) is 0 Å². The zero-order valence-corrected chi connectivity index (χ0v) is 9.19. The first kappa shape index (κ1) is 11.6. The molecule has 0 fully saturated rings. The van der Waals surface area contributed by atoms with Gasteiger partial charge < -0.3 is 5.73 Å². The van der Waals surface area contributed by atoms with Gasteiger partial charge in [0.15, 0.2) is 0 Å². The minimum atomic E-state index is -0.653. The topological polar surface area (TPSA) is 51.8 Å². The summed E-state index contributed by atoms with van der Waals surface area (Å²) >= 11 is 0. The van der Waals surface area contributed by atoms with Crippen LogP contribution in [0.25, 0.3) is 11.3 Å². The van der Waals surface area contributed by atoms with Crippen LogP contribution in [0.15, 0.2) is 30.5 Å². The molecule has 2 aromatic rings. The second kappa shape index (κ2) is 4.55. The lowest BCUT2D eigenvalue weighted by molar-refractivity contribution is 0.585. The number of hydrogen-bond acceptors (Lipinski definition) is 3. The fraction of sp³-hybridized carbons (Fsp3) is 0.167. The van der Waals surface area contributed by atoms with Gasteiger partial charge in [-0.3, -0.25) is 0 Å². The van der Waals surface area contributed by atoms with E-state index in [2.05, 4.69) is 9.97 Å². The monoisotopic (exact) mass is 235 g/mol. The van der Waals surface area contributed by atoms with Crippen LogP contribution in [0, 0.1) is 11.6 Å². The zero-order chi connectivity index (χ0) is 12.4. The van der Waals surface area contributed by atoms with E-state index in [9.17, 15) is 8.78 Å². The van der Waals surface area contributed by atoms with Gasteiger partial charge in [0.1, 0.15) is 17.5 Å². The molecular weight excluding hydrogens is 224 g/mol. The van der Waals surface area contributed by atoms with Gasteiger partial charge in [0.05, 0.1) is 11.7 Å². The van der Waals surface area contributed by atoms with Crippen LogP contribution >= 0.6 is 0 Å². The number of rotatable bonds is 2. The van der Waals surface area contributed by atoms with Gasteiger partial charge in [-0.05, 0) is 25.1 Å². The lowest BCUT2D eigenvalue weighted by Crippen LogP contribution is -2.10. The Labute approximate surface area is 97.3 Å². The molecule has 17 heavy (non-hydrogen) atoms. The minimum absolute atomic E-state index is 0.232. The van der Waals surface area contributed by atoms with Crippen LogP contribution in [0.5, 0.6) is 0 Å². The predicted octanol–water partition coefficient (Wildman–Crippen LogP) is 2.44. The average Bonchev–Trinajstić information content (AvgIpc) is 2.29. The normalized spacial score (nSPS) is 12.5. The molecule has 0 aliphatic rings. The molecular formula is C12H11F2N3. The number of halogens is 2. The van der Waals surface area contributed by atoms with Gasteiger partial charge in [-0.2, -0.15) is 0 Å².